The minimum Gasteiger partial charge on any atom is -0.355 e. The number of carbonyl (C=O) groups is 1. The van der Waals surface area contributed by atoms with E-state index in [2.05, 4.69) is 10.3 Å². The minimum absolute atomic E-state index is 0.0272. The molecule has 1 fully saturated rings. The molecule has 2 aromatic carbocycles. The Balaban J connectivity index is 1.50. The monoisotopic (exact) mass is 392 g/mol. The van der Waals surface area contributed by atoms with Crippen LogP contribution in [0.5, 0.6) is 0 Å². The van der Waals surface area contributed by atoms with E-state index in [-0.39, 0.29) is 29.1 Å². The number of aromatic amines is 1. The van der Waals surface area contributed by atoms with E-state index in [9.17, 15) is 14.0 Å². The van der Waals surface area contributed by atoms with Crippen LogP contribution in [0.3, 0.4) is 0 Å². The average molecular weight is 392 g/mol. The number of rotatable bonds is 5. The molecule has 0 radical (unpaired) electrons. The van der Waals surface area contributed by atoms with E-state index in [1.54, 1.807) is 18.2 Å². The molecule has 0 bridgehead atoms. The predicted octanol–water partition coefficient (Wildman–Crippen LogP) is 4.23. The molecule has 1 amide bonds. The van der Waals surface area contributed by atoms with Gasteiger partial charge >= 0.3 is 0 Å². The third-order valence-corrected chi connectivity index (χ3v) is 6.05. The molecule has 0 saturated heterocycles. The summed E-state index contributed by atoms with van der Waals surface area (Å²) in [5.74, 6) is -0.436. The lowest BCUT2D eigenvalue weighted by Gasteiger charge is -2.38. The Bertz CT molecular complexity index is 1080. The van der Waals surface area contributed by atoms with Crippen LogP contribution < -0.4 is 10.9 Å². The first-order valence-corrected chi connectivity index (χ1v) is 10.2. The summed E-state index contributed by atoms with van der Waals surface area (Å²) in [6, 6.07) is 16.0. The number of hydrogen-bond donors (Lipinski definition) is 2. The van der Waals surface area contributed by atoms with Gasteiger partial charge in [0.1, 0.15) is 5.82 Å². The van der Waals surface area contributed by atoms with Crippen molar-refractivity contribution in [3.63, 3.8) is 0 Å². The number of para-hydroxylation sites is 1. The van der Waals surface area contributed by atoms with E-state index in [0.29, 0.717) is 12.1 Å². The normalized spacial score (nSPS) is 15.9. The Labute approximate surface area is 169 Å². The first kappa shape index (κ1) is 19.4. The Hall–Kier alpha value is -2.95. The van der Waals surface area contributed by atoms with Gasteiger partial charge in [0.2, 0.25) is 5.91 Å². The number of hydrogen-bond acceptors (Lipinski definition) is 2. The van der Waals surface area contributed by atoms with E-state index in [1.807, 2.05) is 30.3 Å². The van der Waals surface area contributed by atoms with Crippen LogP contribution in [-0.4, -0.2) is 17.4 Å². The van der Waals surface area contributed by atoms with Gasteiger partial charge < -0.3 is 10.3 Å². The van der Waals surface area contributed by atoms with Crippen LogP contribution in [0.4, 0.5) is 4.39 Å². The van der Waals surface area contributed by atoms with Crippen LogP contribution in [-0.2, 0) is 16.6 Å². The second kappa shape index (κ2) is 8.19. The zero-order chi connectivity index (χ0) is 20.3. The first-order valence-electron chi connectivity index (χ1n) is 10.2. The molecule has 0 unspecified atom stereocenters. The molecule has 3 aromatic rings. The molecule has 1 aromatic heterocycles. The number of halogens is 1. The van der Waals surface area contributed by atoms with Crippen LogP contribution in [0.1, 0.15) is 43.2 Å². The molecule has 1 heterocycles. The van der Waals surface area contributed by atoms with Gasteiger partial charge in [-0.25, -0.2) is 4.39 Å². The molecular weight excluding hydrogens is 367 g/mol. The second-order valence-electron chi connectivity index (χ2n) is 8.02. The Kier molecular flexibility index (Phi) is 5.47. The Morgan fingerprint density at radius 1 is 1.03 bits per heavy atom. The maximum Gasteiger partial charge on any atom is 0.252 e. The third-order valence-electron chi connectivity index (χ3n) is 6.05. The lowest BCUT2D eigenvalue weighted by Crippen LogP contribution is -2.43. The van der Waals surface area contributed by atoms with Crippen molar-refractivity contribution >= 4 is 16.8 Å². The lowest BCUT2D eigenvalue weighted by molar-refractivity contribution is -0.120. The maximum absolute atomic E-state index is 13.8. The summed E-state index contributed by atoms with van der Waals surface area (Å²) in [6.07, 6.45) is 5.17. The lowest BCUT2D eigenvalue weighted by atomic mass is 9.69. The molecule has 4 nitrogen and oxygen atoms in total. The number of pyridine rings is 1. The van der Waals surface area contributed by atoms with Gasteiger partial charge in [-0.3, -0.25) is 9.59 Å². The molecule has 0 aliphatic heterocycles. The summed E-state index contributed by atoms with van der Waals surface area (Å²) in [6.45, 7) is 0.459. The maximum atomic E-state index is 13.8. The van der Waals surface area contributed by atoms with Crippen molar-refractivity contribution < 1.29 is 9.18 Å². The molecule has 0 spiro atoms. The molecular formula is C24H25FN2O2. The molecule has 2 N–H and O–H groups in total. The quantitative estimate of drug-likeness (QED) is 0.683. The smallest absolute Gasteiger partial charge is 0.252 e. The van der Waals surface area contributed by atoms with Gasteiger partial charge in [0.15, 0.2) is 0 Å². The molecule has 150 valence electrons. The second-order valence-corrected chi connectivity index (χ2v) is 8.02. The van der Waals surface area contributed by atoms with Gasteiger partial charge in [-0.1, -0.05) is 49.6 Å². The number of carbonyl (C=O) groups excluding carboxylic acids is 1. The SMILES string of the molecule is O=C(Cc1cc2ccccc2[nH]c1=O)NCC1(c2cccc(F)c2)CCCCC1. The van der Waals surface area contributed by atoms with Crippen molar-refractivity contribution in [1.29, 1.82) is 0 Å². The van der Waals surface area contributed by atoms with Crippen LogP contribution in [0, 0.1) is 5.82 Å². The molecule has 4 rings (SSSR count). The van der Waals surface area contributed by atoms with Crippen molar-refractivity contribution in [1.82, 2.24) is 10.3 Å². The fraction of sp³-hybridized carbons (Fsp3) is 0.333. The largest absolute Gasteiger partial charge is 0.355 e. The van der Waals surface area contributed by atoms with Crippen LogP contribution in [0.15, 0.2) is 59.4 Å². The number of fused-ring (bicyclic) bond motifs is 1. The van der Waals surface area contributed by atoms with Gasteiger partial charge in [0.05, 0.1) is 6.42 Å². The molecule has 0 atom stereocenters. The molecule has 5 heteroatoms. The summed E-state index contributed by atoms with van der Waals surface area (Å²) in [5, 5.41) is 3.92. The van der Waals surface area contributed by atoms with Gasteiger partial charge in [-0.05, 0) is 48.1 Å². The number of benzene rings is 2. The third kappa shape index (κ3) is 4.24. The van der Waals surface area contributed by atoms with Crippen LogP contribution in [0.25, 0.3) is 10.9 Å². The van der Waals surface area contributed by atoms with Gasteiger partial charge in [0.25, 0.3) is 5.56 Å². The standard InChI is InChI=1S/C24H25FN2O2/c25-20-9-6-8-19(15-20)24(11-4-1-5-12-24)16-26-22(28)14-18-13-17-7-2-3-10-21(17)27-23(18)29/h2-3,6-10,13,15H,1,4-5,11-12,14,16H2,(H,26,28)(H,27,29). The van der Waals surface area contributed by atoms with Crippen molar-refractivity contribution in [2.24, 2.45) is 0 Å². The summed E-state index contributed by atoms with van der Waals surface area (Å²) in [4.78, 5) is 27.8. The molecule has 29 heavy (non-hydrogen) atoms. The van der Waals surface area contributed by atoms with Gasteiger partial charge in [-0.2, -0.15) is 0 Å². The van der Waals surface area contributed by atoms with E-state index in [0.717, 1.165) is 48.6 Å². The number of H-pyrrole nitrogens is 1. The topological polar surface area (TPSA) is 62.0 Å². The fourth-order valence-corrected chi connectivity index (χ4v) is 4.44. The highest BCUT2D eigenvalue weighted by molar-refractivity contribution is 5.82. The highest BCUT2D eigenvalue weighted by Crippen LogP contribution is 2.39. The zero-order valence-corrected chi connectivity index (χ0v) is 16.3. The zero-order valence-electron chi connectivity index (χ0n) is 16.3. The molecule has 1 aliphatic rings. The van der Waals surface area contributed by atoms with Crippen LogP contribution >= 0.6 is 0 Å². The van der Waals surface area contributed by atoms with E-state index >= 15 is 0 Å². The Morgan fingerprint density at radius 3 is 2.62 bits per heavy atom. The number of amides is 1. The fourth-order valence-electron chi connectivity index (χ4n) is 4.44. The van der Waals surface area contributed by atoms with Crippen molar-refractivity contribution in [3.8, 4) is 0 Å². The summed E-state index contributed by atoms with van der Waals surface area (Å²) < 4.78 is 13.8. The van der Waals surface area contributed by atoms with E-state index < -0.39 is 0 Å². The molecule has 1 aliphatic carbocycles. The minimum atomic E-state index is -0.249. The molecule has 1 saturated carbocycles. The number of nitrogens with one attached hydrogen (secondary N) is 2. The predicted molar refractivity (Wildman–Crippen MR) is 112 cm³/mol. The van der Waals surface area contributed by atoms with E-state index in [4.69, 9.17) is 0 Å². The van der Waals surface area contributed by atoms with Gasteiger partial charge in [-0.15, -0.1) is 0 Å². The van der Waals surface area contributed by atoms with E-state index in [1.165, 1.54) is 6.07 Å². The van der Waals surface area contributed by atoms with Crippen molar-refractivity contribution in [2.45, 2.75) is 43.9 Å². The van der Waals surface area contributed by atoms with Gasteiger partial charge in [0, 0.05) is 23.0 Å². The van der Waals surface area contributed by atoms with Crippen molar-refractivity contribution in [3.05, 3.63) is 81.9 Å². The summed E-state index contributed by atoms with van der Waals surface area (Å²) in [7, 11) is 0. The average Bonchev–Trinajstić information content (AvgIpc) is 2.73. The summed E-state index contributed by atoms with van der Waals surface area (Å²) >= 11 is 0. The first-order chi connectivity index (χ1) is 14.1. The Morgan fingerprint density at radius 2 is 1.83 bits per heavy atom. The van der Waals surface area contributed by atoms with Crippen molar-refractivity contribution in [2.75, 3.05) is 6.54 Å². The summed E-state index contributed by atoms with van der Waals surface area (Å²) in [5.41, 5.74) is 1.67. The number of aromatic nitrogens is 1. The van der Waals surface area contributed by atoms with Crippen LogP contribution in [0.2, 0.25) is 0 Å². The highest BCUT2D eigenvalue weighted by atomic mass is 19.1. The highest BCUT2D eigenvalue weighted by Gasteiger charge is 2.34.